The van der Waals surface area contributed by atoms with Gasteiger partial charge in [0.1, 0.15) is 0 Å². The van der Waals surface area contributed by atoms with Crippen molar-refractivity contribution < 1.29 is 0 Å². The van der Waals surface area contributed by atoms with Crippen LogP contribution < -0.4 is 5.32 Å². The molecule has 4 nitrogen and oxygen atoms in total. The molecule has 1 aliphatic heterocycles. The van der Waals surface area contributed by atoms with Crippen molar-refractivity contribution in [2.75, 3.05) is 26.2 Å². The van der Waals surface area contributed by atoms with Gasteiger partial charge >= 0.3 is 0 Å². The molecule has 1 saturated heterocycles. The summed E-state index contributed by atoms with van der Waals surface area (Å²) in [6, 6.07) is 0. The number of nitrogens with zero attached hydrogens (tertiary/aromatic N) is 3. The Labute approximate surface area is 132 Å². The summed E-state index contributed by atoms with van der Waals surface area (Å²) in [5, 5.41) is 4.59. The average Bonchev–Trinajstić information content (AvgIpc) is 2.77. The largest absolute Gasteiger partial charge is 0.357 e. The van der Waals surface area contributed by atoms with Gasteiger partial charge in [-0.3, -0.25) is 4.99 Å². The molecule has 21 heavy (non-hydrogen) atoms. The lowest BCUT2D eigenvalue weighted by Gasteiger charge is -2.33. The molecule has 0 unspecified atom stereocenters. The normalized spacial score (nSPS) is 17.3. The Bertz CT molecular complexity index is 473. The number of aliphatic imine (C=N–C) groups is 1. The van der Waals surface area contributed by atoms with E-state index in [9.17, 15) is 0 Å². The Morgan fingerprint density at radius 3 is 2.67 bits per heavy atom. The van der Waals surface area contributed by atoms with Gasteiger partial charge in [-0.25, -0.2) is 4.98 Å². The topological polar surface area (TPSA) is 40.5 Å². The molecule has 5 heteroatoms. The molecule has 0 saturated carbocycles. The molecule has 1 fully saturated rings. The van der Waals surface area contributed by atoms with E-state index >= 15 is 0 Å². The predicted molar refractivity (Wildman–Crippen MR) is 91.2 cm³/mol. The van der Waals surface area contributed by atoms with E-state index in [1.807, 2.05) is 0 Å². The number of aromatic nitrogens is 1. The van der Waals surface area contributed by atoms with Gasteiger partial charge in [0.25, 0.3) is 0 Å². The first kappa shape index (κ1) is 16.3. The molecule has 2 rings (SSSR count). The van der Waals surface area contributed by atoms with Crippen molar-refractivity contribution in [1.82, 2.24) is 15.2 Å². The molecule has 0 spiro atoms. The van der Waals surface area contributed by atoms with Crippen LogP contribution in [0.15, 0.2) is 4.99 Å². The Kier molecular flexibility index (Phi) is 6.03. The van der Waals surface area contributed by atoms with E-state index in [1.54, 1.807) is 11.3 Å². The van der Waals surface area contributed by atoms with E-state index in [0.717, 1.165) is 49.5 Å². The summed E-state index contributed by atoms with van der Waals surface area (Å²) in [4.78, 5) is 13.1. The van der Waals surface area contributed by atoms with E-state index in [-0.39, 0.29) is 0 Å². The first-order valence-corrected chi connectivity index (χ1v) is 8.88. The summed E-state index contributed by atoms with van der Waals surface area (Å²) in [5.74, 6) is 1.94. The molecular formula is C16H28N4S. The van der Waals surface area contributed by atoms with Gasteiger partial charge in [0, 0.05) is 37.5 Å². The Morgan fingerprint density at radius 2 is 2.10 bits per heavy atom. The molecule has 1 aliphatic rings. The van der Waals surface area contributed by atoms with Crippen LogP contribution in [0.5, 0.6) is 0 Å². The minimum absolute atomic E-state index is 0.844. The summed E-state index contributed by atoms with van der Waals surface area (Å²) in [7, 11) is 0. The lowest BCUT2D eigenvalue weighted by molar-refractivity contribution is 0.273. The summed E-state index contributed by atoms with van der Waals surface area (Å²) < 4.78 is 0. The highest BCUT2D eigenvalue weighted by Crippen LogP contribution is 2.18. The second kappa shape index (κ2) is 7.78. The molecule has 0 atom stereocenters. The summed E-state index contributed by atoms with van der Waals surface area (Å²) >= 11 is 1.80. The lowest BCUT2D eigenvalue weighted by atomic mass is 10.00. The van der Waals surface area contributed by atoms with Crippen molar-refractivity contribution in [3.63, 3.8) is 0 Å². The quantitative estimate of drug-likeness (QED) is 0.686. The van der Waals surface area contributed by atoms with Crippen molar-refractivity contribution in [3.8, 4) is 0 Å². The van der Waals surface area contributed by atoms with Crippen LogP contribution in [-0.2, 0) is 6.42 Å². The molecule has 0 bridgehead atoms. The van der Waals surface area contributed by atoms with Gasteiger partial charge in [-0.15, -0.1) is 11.3 Å². The maximum absolute atomic E-state index is 4.82. The third-order valence-corrected chi connectivity index (χ3v) is 5.15. The molecule has 1 aromatic rings. The third-order valence-electron chi connectivity index (χ3n) is 4.02. The maximum atomic E-state index is 4.82. The van der Waals surface area contributed by atoms with Gasteiger partial charge in [0.15, 0.2) is 5.96 Å². The maximum Gasteiger partial charge on any atom is 0.193 e. The van der Waals surface area contributed by atoms with Gasteiger partial charge in [-0.1, -0.05) is 6.92 Å². The lowest BCUT2D eigenvalue weighted by Crippen LogP contribution is -2.45. The molecular weight excluding hydrogens is 280 g/mol. The van der Waals surface area contributed by atoms with Crippen LogP contribution in [0, 0.1) is 19.8 Å². The van der Waals surface area contributed by atoms with E-state index in [1.165, 1.54) is 23.4 Å². The fourth-order valence-corrected chi connectivity index (χ4v) is 3.64. The van der Waals surface area contributed by atoms with E-state index < -0.39 is 0 Å². The summed E-state index contributed by atoms with van der Waals surface area (Å²) in [6.45, 7) is 12.7. The number of thiazole rings is 1. The molecule has 0 amide bonds. The van der Waals surface area contributed by atoms with Crippen molar-refractivity contribution in [2.24, 2.45) is 10.9 Å². The highest BCUT2D eigenvalue weighted by molar-refractivity contribution is 7.11. The van der Waals surface area contributed by atoms with E-state index in [4.69, 9.17) is 4.99 Å². The van der Waals surface area contributed by atoms with Gasteiger partial charge in [-0.05, 0) is 39.5 Å². The molecule has 1 aromatic heterocycles. The number of likely N-dealkylation sites (tertiary alicyclic amines) is 1. The predicted octanol–water partition coefficient (Wildman–Crippen LogP) is 3.00. The number of guanidine groups is 1. The van der Waals surface area contributed by atoms with Crippen LogP contribution in [-0.4, -0.2) is 42.0 Å². The smallest absolute Gasteiger partial charge is 0.193 e. The van der Waals surface area contributed by atoms with Crippen LogP contribution in [0.25, 0.3) is 0 Å². The van der Waals surface area contributed by atoms with Crippen molar-refractivity contribution in [3.05, 3.63) is 15.6 Å². The monoisotopic (exact) mass is 308 g/mol. The Hall–Kier alpha value is -1.10. The standard InChI is InChI=1S/C16H28N4S/c1-5-17-16(20-10-7-12(2)8-11-20)18-9-6-15-13(3)19-14(4)21-15/h12H,5-11H2,1-4H3,(H,17,18). The number of hydrogen-bond donors (Lipinski definition) is 1. The fourth-order valence-electron chi connectivity index (χ4n) is 2.71. The number of aryl methyl sites for hydroxylation is 2. The van der Waals surface area contributed by atoms with Gasteiger partial charge in [0.2, 0.25) is 0 Å². The zero-order chi connectivity index (χ0) is 15.2. The first-order chi connectivity index (χ1) is 10.1. The number of rotatable bonds is 4. The Balaban J connectivity index is 1.92. The number of hydrogen-bond acceptors (Lipinski definition) is 3. The summed E-state index contributed by atoms with van der Waals surface area (Å²) in [5.41, 5.74) is 1.17. The summed E-state index contributed by atoms with van der Waals surface area (Å²) in [6.07, 6.45) is 3.55. The molecule has 2 heterocycles. The average molecular weight is 308 g/mol. The highest BCUT2D eigenvalue weighted by Gasteiger charge is 2.18. The SMILES string of the molecule is CCNC(=NCCc1sc(C)nc1C)N1CCC(C)CC1. The van der Waals surface area contributed by atoms with Crippen molar-refractivity contribution in [1.29, 1.82) is 0 Å². The van der Waals surface area contributed by atoms with E-state index in [0.29, 0.717) is 0 Å². The molecule has 118 valence electrons. The fraction of sp³-hybridized carbons (Fsp3) is 0.750. The second-order valence-electron chi connectivity index (χ2n) is 5.90. The molecule has 0 aromatic carbocycles. The number of piperidine rings is 1. The molecule has 1 N–H and O–H groups in total. The molecule has 0 aliphatic carbocycles. The third kappa shape index (κ3) is 4.70. The van der Waals surface area contributed by atoms with Gasteiger partial charge in [0.05, 0.1) is 10.7 Å². The minimum Gasteiger partial charge on any atom is -0.357 e. The zero-order valence-electron chi connectivity index (χ0n) is 13.8. The van der Waals surface area contributed by atoms with Crippen LogP contribution in [0.1, 0.15) is 42.3 Å². The first-order valence-electron chi connectivity index (χ1n) is 8.06. The van der Waals surface area contributed by atoms with Crippen LogP contribution in [0.2, 0.25) is 0 Å². The van der Waals surface area contributed by atoms with Crippen molar-refractivity contribution in [2.45, 2.75) is 47.0 Å². The highest BCUT2D eigenvalue weighted by atomic mass is 32.1. The van der Waals surface area contributed by atoms with Gasteiger partial charge in [-0.2, -0.15) is 0 Å². The van der Waals surface area contributed by atoms with Crippen LogP contribution >= 0.6 is 11.3 Å². The Morgan fingerprint density at radius 1 is 1.38 bits per heavy atom. The number of nitrogens with one attached hydrogen (secondary N) is 1. The van der Waals surface area contributed by atoms with Crippen LogP contribution in [0.4, 0.5) is 0 Å². The second-order valence-corrected chi connectivity index (χ2v) is 7.18. The van der Waals surface area contributed by atoms with E-state index in [2.05, 4.69) is 42.9 Å². The van der Waals surface area contributed by atoms with Gasteiger partial charge < -0.3 is 10.2 Å². The van der Waals surface area contributed by atoms with Crippen molar-refractivity contribution >= 4 is 17.3 Å². The van der Waals surface area contributed by atoms with Crippen LogP contribution in [0.3, 0.4) is 0 Å². The zero-order valence-corrected chi connectivity index (χ0v) is 14.6. The molecule has 0 radical (unpaired) electrons. The minimum atomic E-state index is 0.844.